The Kier molecular flexibility index (Phi) is 14.7. The van der Waals surface area contributed by atoms with Crippen LogP contribution in [0.3, 0.4) is 0 Å². The number of hydrogen-bond donors (Lipinski definition) is 1. The van der Waals surface area contributed by atoms with E-state index in [1.807, 2.05) is 55.7 Å². The Morgan fingerprint density at radius 3 is 2.32 bits per heavy atom. The van der Waals surface area contributed by atoms with Gasteiger partial charge in [-0.05, 0) is 88.3 Å². The highest BCUT2D eigenvalue weighted by Gasteiger charge is 2.47. The molecule has 12 nitrogen and oxygen atoms in total. The molecular weight excluding hydrogens is 777 g/mol. The number of carbonyl (C=O) groups is 3. The molecular formula is C44H63F2N5O7Si. The summed E-state index contributed by atoms with van der Waals surface area (Å²) in [5.41, 5.74) is 0.449. The predicted octanol–water partition coefficient (Wildman–Crippen LogP) is 8.56. The van der Waals surface area contributed by atoms with E-state index in [0.29, 0.717) is 38.4 Å². The molecule has 15 heteroatoms. The first-order chi connectivity index (χ1) is 27.6. The number of carbonyl (C=O) groups excluding carboxylic acids is 3. The average Bonchev–Trinajstić information content (AvgIpc) is 3.74. The van der Waals surface area contributed by atoms with Gasteiger partial charge in [0, 0.05) is 64.0 Å². The zero-order chi connectivity index (χ0) is 43.3. The first-order valence-corrected chi connectivity index (χ1v) is 23.5. The van der Waals surface area contributed by atoms with E-state index in [4.69, 9.17) is 23.6 Å². The number of nitrogens with one attached hydrogen (secondary N) is 1. The topological polar surface area (TPSA) is 124 Å². The van der Waals surface area contributed by atoms with Gasteiger partial charge in [-0.15, -0.1) is 0 Å². The summed E-state index contributed by atoms with van der Waals surface area (Å²) >= 11 is 0. The number of ether oxygens (including phenoxy) is 3. The minimum absolute atomic E-state index is 0.00132. The number of esters is 1. The van der Waals surface area contributed by atoms with Gasteiger partial charge in [-0.2, -0.15) is 0 Å². The summed E-state index contributed by atoms with van der Waals surface area (Å²) in [4.78, 5) is 48.9. The van der Waals surface area contributed by atoms with Crippen molar-refractivity contribution in [2.75, 3.05) is 39.5 Å². The van der Waals surface area contributed by atoms with E-state index in [1.165, 1.54) is 6.92 Å². The Labute approximate surface area is 349 Å². The number of halogens is 2. The highest BCUT2D eigenvalue weighted by Crippen LogP contribution is 2.42. The molecule has 1 N–H and O–H groups in total. The molecule has 0 radical (unpaired) electrons. The number of imidazole rings is 1. The van der Waals surface area contributed by atoms with Gasteiger partial charge < -0.3 is 38.3 Å². The van der Waals surface area contributed by atoms with Crippen LogP contribution in [0.15, 0.2) is 54.7 Å². The molecule has 59 heavy (non-hydrogen) atoms. The van der Waals surface area contributed by atoms with Crippen molar-refractivity contribution >= 4 is 26.4 Å². The summed E-state index contributed by atoms with van der Waals surface area (Å²) < 4.78 is 56.1. The smallest absolute Gasteiger partial charge is 0.410 e. The monoisotopic (exact) mass is 839 g/mol. The van der Waals surface area contributed by atoms with Crippen LogP contribution in [0.4, 0.5) is 18.4 Å². The van der Waals surface area contributed by atoms with Gasteiger partial charge in [0.1, 0.15) is 29.7 Å². The lowest BCUT2D eigenvalue weighted by molar-refractivity contribution is -0.141. The minimum Gasteiger partial charge on any atom is -0.464 e. The molecule has 324 valence electrons. The van der Waals surface area contributed by atoms with E-state index < -0.39 is 61.8 Å². The molecule has 3 amide bonds. The molecule has 0 saturated carbocycles. The van der Waals surface area contributed by atoms with E-state index in [1.54, 1.807) is 22.9 Å². The van der Waals surface area contributed by atoms with Gasteiger partial charge in [0.05, 0.1) is 23.9 Å². The van der Waals surface area contributed by atoms with E-state index in [0.717, 1.165) is 23.8 Å². The number of urea groups is 1. The molecule has 2 fully saturated rings. The number of hydrogen-bond acceptors (Lipinski definition) is 8. The number of benzene rings is 2. The largest absolute Gasteiger partial charge is 0.464 e. The van der Waals surface area contributed by atoms with Gasteiger partial charge in [0.15, 0.2) is 8.32 Å². The van der Waals surface area contributed by atoms with Crippen LogP contribution in [0.5, 0.6) is 0 Å². The molecule has 2 aliphatic rings. The zero-order valence-corrected chi connectivity index (χ0v) is 37.3. The fourth-order valence-electron chi connectivity index (χ4n) is 7.37. The maximum Gasteiger partial charge on any atom is 0.410 e. The summed E-state index contributed by atoms with van der Waals surface area (Å²) in [6.07, 6.45) is 2.01. The Hall–Kier alpha value is -4.34. The van der Waals surface area contributed by atoms with E-state index in [-0.39, 0.29) is 54.4 Å². The molecule has 2 aromatic carbocycles. The van der Waals surface area contributed by atoms with Gasteiger partial charge >= 0.3 is 18.1 Å². The fourth-order valence-corrected chi connectivity index (χ4v) is 8.74. The summed E-state index contributed by atoms with van der Waals surface area (Å²) in [5.74, 6) is -1.73. The normalized spacial score (nSPS) is 18.9. The number of rotatable bonds is 13. The molecule has 4 atom stereocenters. The van der Waals surface area contributed by atoms with E-state index >= 15 is 9.18 Å². The second-order valence-electron chi connectivity index (χ2n) is 18.5. The van der Waals surface area contributed by atoms with Gasteiger partial charge in [0.2, 0.25) is 0 Å². The Balaban J connectivity index is 1.67. The van der Waals surface area contributed by atoms with Gasteiger partial charge in [0.25, 0.3) is 0 Å². The molecule has 2 aliphatic heterocycles. The summed E-state index contributed by atoms with van der Waals surface area (Å²) in [7, 11) is -2.41. The van der Waals surface area contributed by atoms with Crippen molar-refractivity contribution in [2.45, 2.75) is 117 Å². The summed E-state index contributed by atoms with van der Waals surface area (Å²) in [6, 6.07) is 11.3. The summed E-state index contributed by atoms with van der Waals surface area (Å²) in [6.45, 7) is 21.2. The Morgan fingerprint density at radius 2 is 1.69 bits per heavy atom. The van der Waals surface area contributed by atoms with Crippen molar-refractivity contribution in [1.82, 2.24) is 24.7 Å². The van der Waals surface area contributed by atoms with Crippen LogP contribution in [-0.4, -0.2) is 103 Å². The highest BCUT2D eigenvalue weighted by atomic mass is 28.4. The van der Waals surface area contributed by atoms with Crippen LogP contribution in [0.1, 0.15) is 85.7 Å². The van der Waals surface area contributed by atoms with Crippen LogP contribution >= 0.6 is 0 Å². The third kappa shape index (κ3) is 12.1. The standard InChI is InChI=1S/C44H63F2N5O7Si/c1-29(28-56-30(2)52)47-41(53)51(25-33-24-50(42(54)57-43(3,4)5)27-38(33)58-59(9,10)44(6,7)8)39(32-18-20-55-21-19-32)40-48-37(35-22-34(45)16-17-36(35)46)26-49(40)23-31-14-12-11-13-15-31/h11-17,22,26,29,32-33,38-39H,18-21,23-25,27-28H2,1-10H3,(H,47,53)/t29-,33+,38-,39-/m1/s1. The van der Waals surface area contributed by atoms with Gasteiger partial charge in [-0.25, -0.2) is 23.4 Å². The third-order valence-corrected chi connectivity index (χ3v) is 15.9. The third-order valence-electron chi connectivity index (χ3n) is 11.4. The molecule has 2 saturated heterocycles. The maximum absolute atomic E-state index is 15.5. The predicted molar refractivity (Wildman–Crippen MR) is 224 cm³/mol. The summed E-state index contributed by atoms with van der Waals surface area (Å²) in [5, 5.41) is 2.93. The van der Waals surface area contributed by atoms with Gasteiger partial charge in [-0.1, -0.05) is 51.1 Å². The van der Waals surface area contributed by atoms with Gasteiger partial charge in [-0.3, -0.25) is 4.79 Å². The van der Waals surface area contributed by atoms with E-state index in [9.17, 15) is 14.0 Å². The SMILES string of the molecule is CC(=O)OC[C@@H](C)NC(=O)N(C[C@@H]1CN(C(=O)OC(C)(C)C)C[C@H]1O[Si](C)(C)C(C)(C)C)[C@@H](c1nc(-c2cc(F)ccc2F)cn1Cc1ccccc1)C1CCOCC1. The van der Waals surface area contributed by atoms with Crippen LogP contribution in [0.25, 0.3) is 11.3 Å². The van der Waals surface area contributed by atoms with Crippen molar-refractivity contribution in [2.24, 2.45) is 11.8 Å². The molecule has 0 spiro atoms. The van der Waals surface area contributed by atoms with Crippen molar-refractivity contribution in [3.8, 4) is 11.3 Å². The number of nitrogens with zero attached hydrogens (tertiary/aromatic N) is 4. The quantitative estimate of drug-likeness (QED) is 0.134. The lowest BCUT2D eigenvalue weighted by atomic mass is 9.89. The number of likely N-dealkylation sites (tertiary alicyclic amines) is 1. The van der Waals surface area contributed by atoms with Crippen LogP contribution in [0.2, 0.25) is 18.1 Å². The fraction of sp³-hybridized carbons (Fsp3) is 0.591. The number of aromatic nitrogens is 2. The molecule has 3 heterocycles. The van der Waals surface area contributed by atoms with Crippen LogP contribution in [-0.2, 0) is 30.0 Å². The maximum atomic E-state index is 15.5. The van der Waals surface area contributed by atoms with Crippen molar-refractivity contribution < 1.29 is 41.8 Å². The van der Waals surface area contributed by atoms with Crippen molar-refractivity contribution in [1.29, 1.82) is 0 Å². The van der Waals surface area contributed by atoms with Crippen molar-refractivity contribution in [3.05, 3.63) is 77.8 Å². The van der Waals surface area contributed by atoms with Crippen LogP contribution < -0.4 is 5.32 Å². The van der Waals surface area contributed by atoms with Crippen LogP contribution in [0, 0.1) is 23.5 Å². The average molecular weight is 840 g/mol. The Morgan fingerprint density at radius 1 is 1.02 bits per heavy atom. The number of amides is 3. The second-order valence-corrected chi connectivity index (χ2v) is 23.2. The van der Waals surface area contributed by atoms with Crippen molar-refractivity contribution in [3.63, 3.8) is 0 Å². The minimum atomic E-state index is -2.41. The molecule has 0 unspecified atom stereocenters. The highest BCUT2D eigenvalue weighted by molar-refractivity contribution is 6.74. The Bertz CT molecular complexity index is 1910. The molecule has 5 rings (SSSR count). The molecule has 3 aromatic rings. The van der Waals surface area contributed by atoms with E-state index in [2.05, 4.69) is 39.2 Å². The molecule has 0 aliphatic carbocycles. The second kappa shape index (κ2) is 18.9. The molecule has 1 aromatic heterocycles. The first kappa shape index (κ1) is 45.7. The first-order valence-electron chi connectivity index (χ1n) is 20.6. The lowest BCUT2D eigenvalue weighted by Gasteiger charge is -2.42. The zero-order valence-electron chi connectivity index (χ0n) is 36.3. The molecule has 0 bridgehead atoms. The lowest BCUT2D eigenvalue weighted by Crippen LogP contribution is -2.53.